The molecular weight excluding hydrogens is 340 g/mol. The van der Waals surface area contributed by atoms with E-state index in [0.717, 1.165) is 0 Å². The van der Waals surface area contributed by atoms with E-state index in [1.165, 1.54) is 53.7 Å². The van der Waals surface area contributed by atoms with Crippen LogP contribution in [-0.4, -0.2) is 8.07 Å². The summed E-state index contributed by atoms with van der Waals surface area (Å²) in [4.78, 5) is 0. The first-order valence-corrected chi connectivity index (χ1v) is 13.5. The summed E-state index contributed by atoms with van der Waals surface area (Å²) in [5.41, 5.74) is 3.68. The molecule has 0 radical (unpaired) electrons. The molecule has 0 aromatic heterocycles. The van der Waals surface area contributed by atoms with E-state index in [9.17, 15) is 0 Å². The van der Waals surface area contributed by atoms with Gasteiger partial charge in [0.15, 0.2) is 0 Å². The maximum atomic E-state index is 2.48. The average molecular weight is 375 g/mol. The van der Waals surface area contributed by atoms with Crippen LogP contribution in [0, 0.1) is 0 Å². The molecule has 0 saturated heterocycles. The lowest BCUT2D eigenvalue weighted by atomic mass is 10.0. The van der Waals surface area contributed by atoms with E-state index >= 15 is 0 Å². The van der Waals surface area contributed by atoms with Crippen molar-refractivity contribution in [2.45, 2.75) is 63.7 Å². The summed E-state index contributed by atoms with van der Waals surface area (Å²) in [5, 5.41) is 2.73. The third-order valence-corrected chi connectivity index (χ3v) is 12.5. The third-order valence-electron chi connectivity index (χ3n) is 6.10. The zero-order valence-electron chi connectivity index (χ0n) is 17.2. The maximum absolute atomic E-state index is 2.48. The Kier molecular flexibility index (Phi) is 6.90. The fourth-order valence-corrected chi connectivity index (χ4v) is 11.6. The first-order valence-electron chi connectivity index (χ1n) is 10.8. The average Bonchev–Trinajstić information content (AvgIpc) is 2.69. The lowest BCUT2D eigenvalue weighted by Crippen LogP contribution is -2.42. The van der Waals surface area contributed by atoms with E-state index in [1.807, 2.05) is 0 Å². The number of hydrogen-bond acceptors (Lipinski definition) is 0. The Bertz CT molecular complexity index is 820. The summed E-state index contributed by atoms with van der Waals surface area (Å²) in [6.45, 7) is 7.15. The van der Waals surface area contributed by atoms with Crippen molar-refractivity contribution in [3.05, 3.63) is 83.9 Å². The van der Waals surface area contributed by atoms with Crippen molar-refractivity contribution in [3.8, 4) is 0 Å². The Morgan fingerprint density at radius 2 is 1.15 bits per heavy atom. The van der Waals surface area contributed by atoms with Crippen LogP contribution in [0.1, 0.15) is 56.7 Å². The van der Waals surface area contributed by atoms with Gasteiger partial charge >= 0.3 is 0 Å². The van der Waals surface area contributed by atoms with Crippen LogP contribution in [0.4, 0.5) is 0 Å². The van der Waals surface area contributed by atoms with Gasteiger partial charge in [0.1, 0.15) is 0 Å². The van der Waals surface area contributed by atoms with Crippen molar-refractivity contribution in [2.75, 3.05) is 0 Å². The Hall–Kier alpha value is -1.86. The van der Waals surface area contributed by atoms with Crippen molar-refractivity contribution < 1.29 is 0 Å². The maximum Gasteiger partial charge on any atom is 0.0664 e. The minimum atomic E-state index is -1.49. The summed E-state index contributed by atoms with van der Waals surface area (Å²) in [7, 11) is -1.49. The smallest absolute Gasteiger partial charge is 0.0656 e. The van der Waals surface area contributed by atoms with Crippen LogP contribution in [-0.2, 0) is 0 Å². The van der Waals surface area contributed by atoms with Crippen LogP contribution in [0.25, 0.3) is 10.8 Å². The summed E-state index contributed by atoms with van der Waals surface area (Å²) in [6.07, 6.45) is 3.93. The summed E-state index contributed by atoms with van der Waals surface area (Å²) < 4.78 is 0. The Labute approximate surface area is 166 Å². The van der Waals surface area contributed by atoms with Crippen molar-refractivity contribution in [1.82, 2.24) is 0 Å². The standard InChI is InChI=1S/C26H34Si/c1-4-18-27(19-5-2,20-6-3)26(23-13-8-7-9-14-23)25-17-16-22-12-10-11-15-24(22)21-25/h7-17,21,26H,4-6,18-20H2,1-3H3. The first-order chi connectivity index (χ1) is 13.2. The quantitative estimate of drug-likeness (QED) is 0.331. The molecule has 3 aromatic rings. The Balaban J connectivity index is 2.19. The lowest BCUT2D eigenvalue weighted by molar-refractivity contribution is 0.867. The molecule has 1 atom stereocenters. The van der Waals surface area contributed by atoms with E-state index in [4.69, 9.17) is 0 Å². The van der Waals surface area contributed by atoms with Gasteiger partial charge in [-0.25, -0.2) is 0 Å². The van der Waals surface area contributed by atoms with Gasteiger partial charge < -0.3 is 0 Å². The monoisotopic (exact) mass is 374 g/mol. The van der Waals surface area contributed by atoms with Gasteiger partial charge in [0.2, 0.25) is 0 Å². The van der Waals surface area contributed by atoms with E-state index in [0.29, 0.717) is 5.54 Å². The number of rotatable bonds is 9. The highest BCUT2D eigenvalue weighted by Gasteiger charge is 2.40. The number of fused-ring (bicyclic) bond motifs is 1. The van der Waals surface area contributed by atoms with Crippen molar-refractivity contribution in [2.24, 2.45) is 0 Å². The third kappa shape index (κ3) is 4.35. The summed E-state index contributed by atoms with van der Waals surface area (Å²) in [5.74, 6) is 0. The lowest BCUT2D eigenvalue weighted by Gasteiger charge is -2.40. The van der Waals surface area contributed by atoms with Gasteiger partial charge in [-0.2, -0.15) is 0 Å². The summed E-state index contributed by atoms with van der Waals surface area (Å²) >= 11 is 0. The van der Waals surface area contributed by atoms with Gasteiger partial charge in [-0.15, -0.1) is 0 Å². The van der Waals surface area contributed by atoms with Gasteiger partial charge in [-0.1, -0.05) is 131 Å². The van der Waals surface area contributed by atoms with Crippen LogP contribution < -0.4 is 0 Å². The number of hydrogen-bond donors (Lipinski definition) is 0. The molecule has 0 spiro atoms. The molecular formula is C26H34Si. The predicted molar refractivity (Wildman–Crippen MR) is 123 cm³/mol. The van der Waals surface area contributed by atoms with Crippen LogP contribution in [0.5, 0.6) is 0 Å². The summed E-state index contributed by atoms with van der Waals surface area (Å²) in [6, 6.07) is 31.7. The highest BCUT2D eigenvalue weighted by molar-refractivity contribution is 6.81. The second-order valence-electron chi connectivity index (χ2n) is 8.06. The normalized spacial score (nSPS) is 13.0. The molecule has 1 heteroatoms. The van der Waals surface area contributed by atoms with Crippen LogP contribution in [0.2, 0.25) is 18.1 Å². The van der Waals surface area contributed by atoms with E-state index in [-0.39, 0.29) is 0 Å². The molecule has 0 bridgehead atoms. The highest BCUT2D eigenvalue weighted by Crippen LogP contribution is 2.43. The largest absolute Gasteiger partial charge is 0.0664 e. The Morgan fingerprint density at radius 3 is 1.74 bits per heavy atom. The molecule has 0 amide bonds. The molecule has 0 fully saturated rings. The van der Waals surface area contributed by atoms with Crippen molar-refractivity contribution in [1.29, 1.82) is 0 Å². The highest BCUT2D eigenvalue weighted by atomic mass is 28.3. The van der Waals surface area contributed by atoms with Crippen molar-refractivity contribution >= 4 is 18.8 Å². The molecule has 0 saturated carbocycles. The molecule has 0 nitrogen and oxygen atoms in total. The molecule has 3 aromatic carbocycles. The molecule has 0 aliphatic carbocycles. The zero-order chi connectivity index (χ0) is 19.1. The molecule has 0 aliphatic heterocycles. The molecule has 0 aliphatic rings. The molecule has 0 heterocycles. The second-order valence-corrected chi connectivity index (χ2v) is 12.9. The van der Waals surface area contributed by atoms with Gasteiger partial charge in [0, 0.05) is 5.54 Å². The van der Waals surface area contributed by atoms with Crippen molar-refractivity contribution in [3.63, 3.8) is 0 Å². The van der Waals surface area contributed by atoms with Crippen LogP contribution in [0.3, 0.4) is 0 Å². The molecule has 0 N–H and O–H groups in total. The fraction of sp³-hybridized carbons (Fsp3) is 0.385. The molecule has 1 unspecified atom stereocenters. The minimum Gasteiger partial charge on any atom is -0.0656 e. The van der Waals surface area contributed by atoms with E-state index in [1.54, 1.807) is 5.56 Å². The Morgan fingerprint density at radius 1 is 0.593 bits per heavy atom. The van der Waals surface area contributed by atoms with Gasteiger partial charge in [0.25, 0.3) is 0 Å². The molecule has 27 heavy (non-hydrogen) atoms. The van der Waals surface area contributed by atoms with Crippen LogP contribution in [0.15, 0.2) is 72.8 Å². The van der Waals surface area contributed by atoms with Gasteiger partial charge in [-0.3, -0.25) is 0 Å². The predicted octanol–water partition coefficient (Wildman–Crippen LogP) is 8.19. The topological polar surface area (TPSA) is 0 Å². The molecule has 142 valence electrons. The van der Waals surface area contributed by atoms with E-state index in [2.05, 4.69) is 93.6 Å². The molecule has 3 rings (SSSR count). The zero-order valence-corrected chi connectivity index (χ0v) is 18.2. The number of benzene rings is 3. The fourth-order valence-electron chi connectivity index (χ4n) is 5.23. The van der Waals surface area contributed by atoms with Crippen LogP contribution >= 0.6 is 0 Å². The van der Waals surface area contributed by atoms with Gasteiger partial charge in [0.05, 0.1) is 8.07 Å². The first kappa shape index (κ1) is 19.9. The SMILES string of the molecule is CCC[Si](CCC)(CCC)C(c1ccccc1)c1ccc2ccccc2c1. The minimum absolute atomic E-state index is 0.600. The van der Waals surface area contributed by atoms with Gasteiger partial charge in [-0.05, 0) is 21.9 Å². The van der Waals surface area contributed by atoms with E-state index < -0.39 is 8.07 Å². The second kappa shape index (κ2) is 9.37.